The van der Waals surface area contributed by atoms with Gasteiger partial charge in [-0.3, -0.25) is 4.98 Å². The van der Waals surface area contributed by atoms with Crippen molar-refractivity contribution >= 4 is 40.5 Å². The Bertz CT molecular complexity index is 929. The fraction of sp³-hybridized carbons (Fsp3) is 0.263. The molecule has 9 nitrogen and oxygen atoms in total. The van der Waals surface area contributed by atoms with E-state index in [4.69, 9.17) is 22.1 Å². The number of hydrogen-bond donors (Lipinski definition) is 2. The Morgan fingerprint density at radius 2 is 2.13 bits per heavy atom. The van der Waals surface area contributed by atoms with E-state index in [0.29, 0.717) is 23.2 Å². The average molecular weight is 449 g/mol. The third-order valence-electron chi connectivity index (χ3n) is 4.17. The Morgan fingerprint density at radius 1 is 1.33 bits per heavy atom. The van der Waals surface area contributed by atoms with Gasteiger partial charge in [0, 0.05) is 43.1 Å². The van der Waals surface area contributed by atoms with Crippen LogP contribution in [0.15, 0.2) is 53.9 Å². The summed E-state index contributed by atoms with van der Waals surface area (Å²) in [4.78, 5) is 29.5. The summed E-state index contributed by atoms with van der Waals surface area (Å²) in [6.07, 6.45) is 3.29. The number of nitrogens with two attached hydrogens (primary N) is 1. The highest BCUT2D eigenvalue weighted by atomic mass is 35.5. The summed E-state index contributed by atoms with van der Waals surface area (Å²) in [5.41, 5.74) is 6.28. The third-order valence-corrected chi connectivity index (χ3v) is 5.61. The molecular formula is C19H21ClN6O3S. The fourth-order valence-corrected chi connectivity index (χ4v) is 3.73. The van der Waals surface area contributed by atoms with Gasteiger partial charge in [0.15, 0.2) is 0 Å². The summed E-state index contributed by atoms with van der Waals surface area (Å²) in [6, 6.07) is 9.92. The van der Waals surface area contributed by atoms with Gasteiger partial charge in [0.2, 0.25) is 5.56 Å². The highest BCUT2D eigenvalue weighted by Gasteiger charge is 2.32. The van der Waals surface area contributed by atoms with Crippen LogP contribution in [0.3, 0.4) is 0 Å². The standard InChI is InChI=1S/C19H21ClN6O3S/c1-25(18(28)23-12-13-5-2-3-7-15(13)20)9-10-29-19-26(17(21)27)24-16(30-19)14-6-4-8-22-11-14/h2-8,11,19H,9-10,12H2,1H3,(H2,21,27)(H,23,28). The average Bonchev–Trinajstić information content (AvgIpc) is 3.18. The monoisotopic (exact) mass is 448 g/mol. The Kier molecular flexibility index (Phi) is 7.50. The number of likely N-dealkylation sites (N-methyl/N-ethyl adjacent to an activating group) is 1. The molecule has 0 fully saturated rings. The zero-order valence-electron chi connectivity index (χ0n) is 16.2. The molecular weight excluding hydrogens is 428 g/mol. The molecule has 1 aliphatic heterocycles. The fourth-order valence-electron chi connectivity index (χ4n) is 2.53. The summed E-state index contributed by atoms with van der Waals surface area (Å²) in [7, 11) is 1.65. The smallest absolute Gasteiger partial charge is 0.338 e. The molecule has 3 N–H and O–H groups in total. The molecule has 0 bridgehead atoms. The van der Waals surface area contributed by atoms with Crippen molar-refractivity contribution < 1.29 is 14.3 Å². The van der Waals surface area contributed by atoms with E-state index in [-0.39, 0.29) is 12.6 Å². The number of urea groups is 2. The van der Waals surface area contributed by atoms with Gasteiger partial charge >= 0.3 is 12.1 Å². The molecule has 1 unspecified atom stereocenters. The Morgan fingerprint density at radius 3 is 2.83 bits per heavy atom. The van der Waals surface area contributed by atoms with Crippen LogP contribution in [-0.2, 0) is 11.3 Å². The maximum atomic E-state index is 12.3. The van der Waals surface area contributed by atoms with Crippen LogP contribution < -0.4 is 11.1 Å². The molecule has 2 aromatic rings. The SMILES string of the molecule is CN(CCOC1SC(c2cccnc2)=NN1C(N)=O)C(=O)NCc1ccccc1Cl. The summed E-state index contributed by atoms with van der Waals surface area (Å²) < 4.78 is 5.74. The van der Waals surface area contributed by atoms with E-state index in [2.05, 4.69) is 15.4 Å². The molecule has 158 valence electrons. The van der Waals surface area contributed by atoms with Crippen molar-refractivity contribution in [1.29, 1.82) is 0 Å². The van der Waals surface area contributed by atoms with E-state index in [0.717, 1.165) is 16.1 Å². The number of hydrazone groups is 1. The number of nitrogens with one attached hydrogen (secondary N) is 1. The van der Waals surface area contributed by atoms with Crippen molar-refractivity contribution in [3.8, 4) is 0 Å². The number of ether oxygens (including phenoxy) is 1. The largest absolute Gasteiger partial charge is 0.350 e. The summed E-state index contributed by atoms with van der Waals surface area (Å²) in [6.45, 7) is 0.813. The van der Waals surface area contributed by atoms with E-state index in [1.807, 2.05) is 24.3 Å². The molecule has 3 rings (SSSR count). The summed E-state index contributed by atoms with van der Waals surface area (Å²) in [5, 5.41) is 9.26. The predicted molar refractivity (Wildman–Crippen MR) is 116 cm³/mol. The highest BCUT2D eigenvalue weighted by Crippen LogP contribution is 2.30. The van der Waals surface area contributed by atoms with Gasteiger partial charge in [-0.15, -0.1) is 0 Å². The Labute approximate surface area is 183 Å². The zero-order valence-corrected chi connectivity index (χ0v) is 17.8. The summed E-state index contributed by atoms with van der Waals surface area (Å²) in [5.74, 6) is 0. The molecule has 2 heterocycles. The topological polar surface area (TPSA) is 113 Å². The zero-order chi connectivity index (χ0) is 21.5. The quantitative estimate of drug-likeness (QED) is 0.676. The minimum atomic E-state index is -0.725. The molecule has 30 heavy (non-hydrogen) atoms. The lowest BCUT2D eigenvalue weighted by atomic mass is 10.2. The van der Waals surface area contributed by atoms with Gasteiger partial charge in [0.1, 0.15) is 5.04 Å². The van der Waals surface area contributed by atoms with Crippen molar-refractivity contribution in [2.75, 3.05) is 20.2 Å². The van der Waals surface area contributed by atoms with E-state index >= 15 is 0 Å². The van der Waals surface area contributed by atoms with E-state index in [1.54, 1.807) is 31.6 Å². The number of amides is 4. The second-order valence-electron chi connectivity index (χ2n) is 6.30. The second-order valence-corrected chi connectivity index (χ2v) is 7.73. The van der Waals surface area contributed by atoms with Gasteiger partial charge in [-0.1, -0.05) is 29.8 Å². The molecule has 0 aliphatic carbocycles. The molecule has 1 aromatic heterocycles. The second kappa shape index (κ2) is 10.3. The van der Waals surface area contributed by atoms with Crippen molar-refractivity contribution in [3.63, 3.8) is 0 Å². The van der Waals surface area contributed by atoms with Crippen LogP contribution in [0.25, 0.3) is 0 Å². The van der Waals surface area contributed by atoms with Crippen molar-refractivity contribution in [2.24, 2.45) is 10.8 Å². The van der Waals surface area contributed by atoms with Crippen LogP contribution in [0.1, 0.15) is 11.1 Å². The number of primary amides is 1. The maximum Gasteiger partial charge on any atom is 0.338 e. The van der Waals surface area contributed by atoms with Crippen molar-refractivity contribution in [3.05, 3.63) is 64.9 Å². The lowest BCUT2D eigenvalue weighted by molar-refractivity contribution is 0.0231. The van der Waals surface area contributed by atoms with Crippen LogP contribution in [0.2, 0.25) is 5.02 Å². The molecule has 1 aromatic carbocycles. The number of thioether (sulfide) groups is 1. The number of pyridine rings is 1. The molecule has 0 spiro atoms. The van der Waals surface area contributed by atoms with Crippen LogP contribution in [-0.4, -0.2) is 57.8 Å². The number of carbonyl (C=O) groups is 2. The summed E-state index contributed by atoms with van der Waals surface area (Å²) >= 11 is 7.34. The molecule has 1 aliphatic rings. The normalized spacial score (nSPS) is 15.6. The maximum absolute atomic E-state index is 12.3. The lowest BCUT2D eigenvalue weighted by Gasteiger charge is -2.22. The molecule has 0 saturated heterocycles. The van der Waals surface area contributed by atoms with Gasteiger partial charge < -0.3 is 20.7 Å². The van der Waals surface area contributed by atoms with Crippen molar-refractivity contribution in [2.45, 2.75) is 12.1 Å². The van der Waals surface area contributed by atoms with E-state index in [9.17, 15) is 9.59 Å². The van der Waals surface area contributed by atoms with Gasteiger partial charge in [-0.25, -0.2) is 9.59 Å². The highest BCUT2D eigenvalue weighted by molar-refractivity contribution is 8.15. The molecule has 4 amide bonds. The van der Waals surface area contributed by atoms with E-state index in [1.165, 1.54) is 16.7 Å². The number of benzene rings is 1. The van der Waals surface area contributed by atoms with Gasteiger partial charge in [0.25, 0.3) is 0 Å². The minimum Gasteiger partial charge on any atom is -0.350 e. The number of carbonyl (C=O) groups excluding carboxylic acids is 2. The first kappa shape index (κ1) is 21.9. The lowest BCUT2D eigenvalue weighted by Crippen LogP contribution is -2.41. The number of hydrogen-bond acceptors (Lipinski definition) is 6. The van der Waals surface area contributed by atoms with E-state index < -0.39 is 11.6 Å². The third kappa shape index (κ3) is 5.62. The molecule has 11 heteroatoms. The van der Waals surface area contributed by atoms with Crippen LogP contribution in [0.4, 0.5) is 9.59 Å². The number of nitrogens with zero attached hydrogens (tertiary/aromatic N) is 4. The van der Waals surface area contributed by atoms with Gasteiger partial charge in [0.05, 0.1) is 6.61 Å². The van der Waals surface area contributed by atoms with Crippen LogP contribution >= 0.6 is 23.4 Å². The van der Waals surface area contributed by atoms with Crippen molar-refractivity contribution in [1.82, 2.24) is 20.2 Å². The van der Waals surface area contributed by atoms with Gasteiger partial charge in [-0.05, 0) is 35.5 Å². The number of aromatic nitrogens is 1. The van der Waals surface area contributed by atoms with Crippen LogP contribution in [0, 0.1) is 0 Å². The minimum absolute atomic E-state index is 0.188. The first-order chi connectivity index (χ1) is 14.5. The number of rotatable bonds is 7. The molecule has 0 saturated carbocycles. The van der Waals surface area contributed by atoms with Crippen LogP contribution in [0.5, 0.6) is 0 Å². The predicted octanol–water partition coefficient (Wildman–Crippen LogP) is 2.67. The Hall–Kier alpha value is -2.82. The van der Waals surface area contributed by atoms with Gasteiger partial charge in [-0.2, -0.15) is 10.1 Å². The Balaban J connectivity index is 1.47. The molecule has 1 atom stereocenters. The first-order valence-corrected chi connectivity index (χ1v) is 10.3. The molecule has 0 radical (unpaired) electrons. The first-order valence-electron chi connectivity index (χ1n) is 9.04. The number of halogens is 1.